The number of H-pyrrole nitrogens is 1. The third kappa shape index (κ3) is 14.7. The number of hydrogen-bond donors (Lipinski definition) is 11. The molecule has 3 rings (SSSR count). The van der Waals surface area contributed by atoms with Crippen molar-refractivity contribution in [3.8, 4) is 0 Å². The van der Waals surface area contributed by atoms with E-state index in [-0.39, 0.29) is 44.2 Å². The molecule has 64 heavy (non-hydrogen) atoms. The van der Waals surface area contributed by atoms with Gasteiger partial charge in [-0.2, -0.15) is 0 Å². The number of rotatable bonds is 24. The van der Waals surface area contributed by atoms with E-state index < -0.39 is 102 Å². The lowest BCUT2D eigenvalue weighted by Gasteiger charge is -2.32. The van der Waals surface area contributed by atoms with Crippen LogP contribution in [0.3, 0.4) is 0 Å². The fourth-order valence-corrected chi connectivity index (χ4v) is 7.42. The van der Waals surface area contributed by atoms with Gasteiger partial charge < -0.3 is 64.1 Å². The van der Waals surface area contributed by atoms with Crippen molar-refractivity contribution < 1.29 is 43.5 Å². The second kappa shape index (κ2) is 24.6. The molecule has 21 nitrogen and oxygen atoms in total. The highest BCUT2D eigenvalue weighted by Gasteiger charge is 2.40. The maximum Gasteiger partial charge on any atom is 0.245 e. The van der Waals surface area contributed by atoms with Gasteiger partial charge in [0.15, 0.2) is 5.96 Å². The molecule has 0 bridgehead atoms. The van der Waals surface area contributed by atoms with Crippen LogP contribution in [0.5, 0.6) is 0 Å². The zero-order chi connectivity index (χ0) is 47.8. The van der Waals surface area contributed by atoms with E-state index in [9.17, 15) is 43.5 Å². The molecule has 354 valence electrons. The highest BCUT2D eigenvalue weighted by atomic mass is 16.3. The summed E-state index contributed by atoms with van der Waals surface area (Å²) in [4.78, 5) is 116. The highest BCUT2D eigenvalue weighted by Crippen LogP contribution is 2.22. The van der Waals surface area contributed by atoms with Crippen LogP contribution in [0.4, 0.5) is 0 Å². The molecule has 0 spiro atoms. The fraction of sp³-hybridized carbons (Fsp3) is 0.605. The molecule has 1 aromatic heterocycles. The lowest BCUT2D eigenvalue weighted by Crippen LogP contribution is -2.62. The van der Waals surface area contributed by atoms with E-state index in [4.69, 9.17) is 17.2 Å². The van der Waals surface area contributed by atoms with Gasteiger partial charge in [-0.3, -0.25) is 43.3 Å². The first-order valence-corrected chi connectivity index (χ1v) is 21.9. The van der Waals surface area contributed by atoms with Crippen LogP contribution >= 0.6 is 0 Å². The summed E-state index contributed by atoms with van der Waals surface area (Å²) in [6.07, 6.45) is 2.16. The molecule has 0 saturated carbocycles. The Labute approximate surface area is 373 Å². The summed E-state index contributed by atoms with van der Waals surface area (Å²) in [6, 6.07) is -0.991. The van der Waals surface area contributed by atoms with Gasteiger partial charge in [0.25, 0.3) is 0 Å². The molecule has 8 amide bonds. The van der Waals surface area contributed by atoms with Gasteiger partial charge in [-0.1, -0.05) is 58.7 Å². The Morgan fingerprint density at radius 2 is 1.38 bits per heavy atom. The number of carbonyl (C=O) groups excluding carboxylic acids is 8. The van der Waals surface area contributed by atoms with Crippen LogP contribution in [0.2, 0.25) is 0 Å². The van der Waals surface area contributed by atoms with Gasteiger partial charge in [-0.25, -0.2) is 0 Å². The number of para-hydroxylation sites is 1. The number of aromatic nitrogens is 1. The molecule has 21 heteroatoms. The number of nitrogens with one attached hydrogen (secondary N) is 7. The van der Waals surface area contributed by atoms with Crippen LogP contribution in [-0.4, -0.2) is 130 Å². The number of hydrogen-bond acceptors (Lipinski definition) is 10. The lowest BCUT2D eigenvalue weighted by molar-refractivity contribution is -0.142. The third-order valence-corrected chi connectivity index (χ3v) is 11.6. The number of amides is 8. The molecule has 1 fully saturated rings. The number of aliphatic imine (C=N–C) groups is 1. The van der Waals surface area contributed by atoms with Crippen LogP contribution < -0.4 is 49.1 Å². The van der Waals surface area contributed by atoms with Crippen molar-refractivity contribution in [2.45, 2.75) is 142 Å². The van der Waals surface area contributed by atoms with Gasteiger partial charge in [0, 0.05) is 43.5 Å². The number of aromatic amines is 1. The maximum absolute atomic E-state index is 14.5. The monoisotopic (exact) mass is 897 g/mol. The quantitative estimate of drug-likeness (QED) is 0.0333. The van der Waals surface area contributed by atoms with Crippen LogP contribution in [0.25, 0.3) is 10.9 Å². The highest BCUT2D eigenvalue weighted by molar-refractivity contribution is 5.98. The zero-order valence-corrected chi connectivity index (χ0v) is 37.9. The number of likely N-dealkylation sites (tertiary alicyclic amines) is 1. The van der Waals surface area contributed by atoms with Crippen LogP contribution in [0.1, 0.15) is 92.6 Å². The predicted molar refractivity (Wildman–Crippen MR) is 239 cm³/mol. The maximum atomic E-state index is 14.5. The molecule has 14 N–H and O–H groups in total. The molecule has 0 aliphatic carbocycles. The Bertz CT molecular complexity index is 2000. The van der Waals surface area contributed by atoms with E-state index in [2.05, 4.69) is 41.9 Å². The molecular weight excluding hydrogens is 829 g/mol. The van der Waals surface area contributed by atoms with Crippen molar-refractivity contribution in [1.29, 1.82) is 0 Å². The van der Waals surface area contributed by atoms with Gasteiger partial charge in [-0.05, 0) is 63.0 Å². The SMILES string of the molecule is CC[C@H](C)[C@H](NC(=O)[C@H](Cc1c[nH]c2ccccc12)NC(=O)[C@@H](NC(=O)[C@H](NC(C)=O)[C@@H](C)CC)[C@@H](C)O)C(=O)N[C@@H](CCCN=C(N)N)C(=O)N1CCC[C@H]1C(=O)N[C@H](C)C(N)=O. The smallest absolute Gasteiger partial charge is 0.245 e. The van der Waals surface area contributed by atoms with Crippen molar-refractivity contribution in [2.24, 2.45) is 34.0 Å². The number of nitrogens with zero attached hydrogens (tertiary/aromatic N) is 2. The van der Waals surface area contributed by atoms with Crippen molar-refractivity contribution in [1.82, 2.24) is 41.8 Å². The lowest BCUT2D eigenvalue weighted by atomic mass is 9.96. The Hall–Kier alpha value is -6.25. The van der Waals surface area contributed by atoms with Crippen LogP contribution in [0, 0.1) is 11.8 Å². The number of carbonyl (C=O) groups is 8. The summed E-state index contributed by atoms with van der Waals surface area (Å²) in [5.74, 6) is -6.46. The van der Waals surface area contributed by atoms with E-state index in [0.29, 0.717) is 31.2 Å². The van der Waals surface area contributed by atoms with Gasteiger partial charge in [0.1, 0.15) is 42.3 Å². The van der Waals surface area contributed by atoms with E-state index in [1.54, 1.807) is 20.0 Å². The van der Waals surface area contributed by atoms with Gasteiger partial charge in [0.2, 0.25) is 47.3 Å². The fourth-order valence-electron chi connectivity index (χ4n) is 7.42. The Balaban J connectivity index is 1.96. The number of guanidine groups is 1. The Morgan fingerprint density at radius 1 is 0.797 bits per heavy atom. The average Bonchev–Trinajstić information content (AvgIpc) is 3.91. The summed E-state index contributed by atoms with van der Waals surface area (Å²) in [5.41, 5.74) is 17.8. The average molecular weight is 897 g/mol. The second-order valence-electron chi connectivity index (χ2n) is 16.6. The normalized spacial score (nSPS) is 17.8. The molecular formula is C43H68N12O9. The number of nitrogens with two attached hydrogens (primary N) is 3. The molecule has 1 aliphatic rings. The topological polar surface area (TPSA) is 338 Å². The van der Waals surface area contributed by atoms with Crippen LogP contribution in [0.15, 0.2) is 35.5 Å². The minimum Gasteiger partial charge on any atom is -0.391 e. The number of aliphatic hydroxyl groups excluding tert-OH is 1. The van der Waals surface area contributed by atoms with E-state index in [1.165, 1.54) is 25.7 Å². The van der Waals surface area contributed by atoms with Gasteiger partial charge in [-0.15, -0.1) is 0 Å². The predicted octanol–water partition coefficient (Wildman–Crippen LogP) is -1.34. The van der Waals surface area contributed by atoms with E-state index >= 15 is 0 Å². The first-order chi connectivity index (χ1) is 30.2. The molecule has 1 saturated heterocycles. The van der Waals surface area contributed by atoms with Crippen molar-refractivity contribution >= 4 is 64.1 Å². The van der Waals surface area contributed by atoms with Gasteiger partial charge >= 0.3 is 0 Å². The Kier molecular flexibility index (Phi) is 20.0. The number of aliphatic hydroxyl groups is 1. The van der Waals surface area contributed by atoms with Crippen molar-refractivity contribution in [3.63, 3.8) is 0 Å². The summed E-state index contributed by atoms with van der Waals surface area (Å²) in [7, 11) is 0. The molecule has 0 radical (unpaired) electrons. The van der Waals surface area contributed by atoms with Crippen LogP contribution in [-0.2, 0) is 44.8 Å². The van der Waals surface area contributed by atoms with Crippen molar-refractivity contribution in [3.05, 3.63) is 36.0 Å². The molecule has 10 atom stereocenters. The standard InChI is InChI=1S/C43H68N12O9/c1-8-22(3)33(50-26(7)57)40(62)54-35(25(6)56)41(63)52-31(20-27-21-48-29-15-11-10-14-28(27)29)37(59)53-34(23(4)9-2)39(61)51-30(16-12-18-47-43(45)46)42(64)55-19-13-17-32(55)38(60)49-24(5)36(44)58/h10-11,14-15,21-25,30-35,48,56H,8-9,12-13,16-20H2,1-7H3,(H2,44,58)(H,49,60)(H,50,57)(H,51,61)(H,52,63)(H,53,59)(H,54,62)(H4,45,46,47)/t22-,23-,24+,25+,30-,31-,32-,33+,34-,35-/m0/s1. The van der Waals surface area contributed by atoms with Gasteiger partial charge in [0.05, 0.1) is 6.10 Å². The van der Waals surface area contributed by atoms with E-state index in [0.717, 1.165) is 10.9 Å². The minimum atomic E-state index is -1.55. The second-order valence-corrected chi connectivity index (χ2v) is 16.6. The molecule has 0 unspecified atom stereocenters. The summed E-state index contributed by atoms with van der Waals surface area (Å²) < 4.78 is 0. The first-order valence-electron chi connectivity index (χ1n) is 21.9. The molecule has 2 heterocycles. The minimum absolute atomic E-state index is 0.0522. The Morgan fingerprint density at radius 3 is 1.97 bits per heavy atom. The summed E-state index contributed by atoms with van der Waals surface area (Å²) in [5, 5.41) is 27.5. The number of benzene rings is 1. The zero-order valence-electron chi connectivity index (χ0n) is 37.9. The summed E-state index contributed by atoms with van der Waals surface area (Å²) >= 11 is 0. The molecule has 2 aromatic rings. The van der Waals surface area contributed by atoms with E-state index in [1.807, 2.05) is 38.1 Å². The first kappa shape index (κ1) is 52.1. The van der Waals surface area contributed by atoms with Crippen molar-refractivity contribution in [2.75, 3.05) is 13.1 Å². The number of fused-ring (bicyclic) bond motifs is 1. The summed E-state index contributed by atoms with van der Waals surface area (Å²) in [6.45, 7) is 11.4. The third-order valence-electron chi connectivity index (χ3n) is 11.6. The largest absolute Gasteiger partial charge is 0.391 e. The molecule has 1 aliphatic heterocycles. The molecule has 1 aromatic carbocycles. The number of primary amides is 1.